The van der Waals surface area contributed by atoms with E-state index in [1.165, 1.54) is 12.1 Å². The molecule has 0 bridgehead atoms. The third-order valence-corrected chi connectivity index (χ3v) is 7.48. The molecule has 2 aliphatic rings. The van der Waals surface area contributed by atoms with Crippen molar-refractivity contribution in [1.29, 1.82) is 5.26 Å². The molecule has 0 aromatic heterocycles. The number of sulfonamides is 1. The summed E-state index contributed by atoms with van der Waals surface area (Å²) >= 11 is 0. The van der Waals surface area contributed by atoms with Gasteiger partial charge in [-0.2, -0.15) is 9.57 Å². The third kappa shape index (κ3) is 3.44. The highest BCUT2D eigenvalue weighted by molar-refractivity contribution is 7.89. The molecule has 25 heavy (non-hydrogen) atoms. The monoisotopic (exact) mass is 363 g/mol. The summed E-state index contributed by atoms with van der Waals surface area (Å²) in [5.41, 5.74) is 0.464. The molecule has 1 heterocycles. The van der Waals surface area contributed by atoms with Crippen LogP contribution in [0, 0.1) is 23.2 Å². The first-order chi connectivity index (χ1) is 11.9. The van der Waals surface area contributed by atoms with E-state index in [1.54, 1.807) is 23.5 Å². The Morgan fingerprint density at radius 2 is 1.76 bits per heavy atom. The van der Waals surface area contributed by atoms with Gasteiger partial charge in [-0.3, -0.25) is 0 Å². The number of hydrogen-bond donors (Lipinski definition) is 0. The Hall–Kier alpha value is -1.46. The topological polar surface area (TPSA) is 73.6 Å². The average Bonchev–Trinajstić information content (AvgIpc) is 3.04. The fraction of sp³-hybridized carbons (Fsp3) is 0.611. The number of nitriles is 1. The van der Waals surface area contributed by atoms with Gasteiger partial charge in [-0.25, -0.2) is 8.42 Å². The fourth-order valence-electron chi connectivity index (χ4n) is 4.19. The lowest BCUT2D eigenvalue weighted by atomic mass is 9.77. The third-order valence-electron chi connectivity index (χ3n) is 5.64. The molecule has 4 atom stereocenters. The van der Waals surface area contributed by atoms with Crippen LogP contribution in [0.15, 0.2) is 29.2 Å². The van der Waals surface area contributed by atoms with E-state index in [0.29, 0.717) is 36.5 Å². The van der Waals surface area contributed by atoms with E-state index in [-0.39, 0.29) is 11.0 Å². The van der Waals surface area contributed by atoms with E-state index < -0.39 is 10.0 Å². The molecule has 0 radical (unpaired) electrons. The van der Waals surface area contributed by atoms with Crippen LogP contribution in [0.1, 0.15) is 18.4 Å². The molecule has 0 spiro atoms. The summed E-state index contributed by atoms with van der Waals surface area (Å²) in [6.45, 7) is 1.11. The molecule has 1 aliphatic carbocycles. The number of likely N-dealkylation sites (N-methyl/N-ethyl adjacent to an activating group) is 1. The molecule has 2 fully saturated rings. The lowest BCUT2D eigenvalue weighted by Gasteiger charge is -2.40. The normalized spacial score (nSPS) is 30.2. The van der Waals surface area contributed by atoms with Crippen molar-refractivity contribution in [2.24, 2.45) is 11.8 Å². The summed E-state index contributed by atoms with van der Waals surface area (Å²) in [6, 6.07) is 8.50. The van der Waals surface area contributed by atoms with Crippen LogP contribution in [0.25, 0.3) is 0 Å². The summed E-state index contributed by atoms with van der Waals surface area (Å²) in [5, 5.41) is 8.88. The standard InChI is InChI=1S/C18H25N3O3S/c1-20(2)17-8-14-11-21(12-15(14)9-18(17)24-3)25(22,23)16-6-4-13(10-19)5-7-16/h4-7,14-15,17-18H,8-9,11-12H2,1-3H3/t14-,15+,17-,18-/m1/s1. The van der Waals surface area contributed by atoms with E-state index in [9.17, 15) is 8.42 Å². The predicted molar refractivity (Wildman–Crippen MR) is 94.4 cm³/mol. The van der Waals surface area contributed by atoms with E-state index in [0.717, 1.165) is 12.8 Å². The van der Waals surface area contributed by atoms with Crippen molar-refractivity contribution in [2.75, 3.05) is 34.3 Å². The molecule has 0 amide bonds. The molecule has 6 nitrogen and oxygen atoms in total. The van der Waals surface area contributed by atoms with Crippen LogP contribution in [0.3, 0.4) is 0 Å². The minimum Gasteiger partial charge on any atom is -0.380 e. The van der Waals surface area contributed by atoms with Crippen LogP contribution in [0.4, 0.5) is 0 Å². The van der Waals surface area contributed by atoms with Crippen molar-refractivity contribution in [1.82, 2.24) is 9.21 Å². The quantitative estimate of drug-likeness (QED) is 0.811. The summed E-state index contributed by atoms with van der Waals surface area (Å²) in [7, 11) is 2.33. The van der Waals surface area contributed by atoms with Gasteiger partial charge in [-0.15, -0.1) is 0 Å². The van der Waals surface area contributed by atoms with Crippen molar-refractivity contribution in [3.63, 3.8) is 0 Å². The first kappa shape index (κ1) is 18.3. The summed E-state index contributed by atoms with van der Waals surface area (Å²) in [5.74, 6) is 0.710. The zero-order valence-corrected chi connectivity index (χ0v) is 15.7. The van der Waals surface area contributed by atoms with Crippen molar-refractivity contribution < 1.29 is 13.2 Å². The van der Waals surface area contributed by atoms with Crippen LogP contribution in [-0.2, 0) is 14.8 Å². The number of methoxy groups -OCH3 is 1. The van der Waals surface area contributed by atoms with E-state index in [4.69, 9.17) is 10.00 Å². The Morgan fingerprint density at radius 1 is 1.16 bits per heavy atom. The molecule has 1 saturated carbocycles. The van der Waals surface area contributed by atoms with E-state index in [2.05, 4.69) is 19.0 Å². The smallest absolute Gasteiger partial charge is 0.243 e. The summed E-state index contributed by atoms with van der Waals surface area (Å²) in [6.07, 6.45) is 1.99. The molecule has 0 unspecified atom stereocenters. The average molecular weight is 363 g/mol. The van der Waals surface area contributed by atoms with Gasteiger partial charge in [0.05, 0.1) is 22.6 Å². The second-order valence-corrected chi connectivity index (χ2v) is 9.19. The molecule has 1 aliphatic heterocycles. The van der Waals surface area contributed by atoms with Gasteiger partial charge in [-0.05, 0) is 63.0 Å². The lowest BCUT2D eigenvalue weighted by molar-refractivity contribution is -0.0209. The maximum absolute atomic E-state index is 12.9. The zero-order valence-electron chi connectivity index (χ0n) is 14.9. The van der Waals surface area contributed by atoms with Gasteiger partial charge in [0.25, 0.3) is 0 Å². The molecule has 136 valence electrons. The molecular formula is C18H25N3O3S. The lowest BCUT2D eigenvalue weighted by Crippen LogP contribution is -2.47. The zero-order chi connectivity index (χ0) is 18.2. The minimum absolute atomic E-state index is 0.147. The molecule has 1 aromatic carbocycles. The van der Waals surface area contributed by atoms with Gasteiger partial charge in [0, 0.05) is 26.2 Å². The van der Waals surface area contributed by atoms with Gasteiger partial charge in [0.1, 0.15) is 0 Å². The van der Waals surface area contributed by atoms with Crippen LogP contribution in [0.2, 0.25) is 0 Å². The largest absolute Gasteiger partial charge is 0.380 e. The fourth-order valence-corrected chi connectivity index (χ4v) is 5.74. The van der Waals surface area contributed by atoms with Gasteiger partial charge >= 0.3 is 0 Å². The number of hydrogen-bond acceptors (Lipinski definition) is 5. The second kappa shape index (κ2) is 7.04. The highest BCUT2D eigenvalue weighted by Crippen LogP contribution is 2.40. The molecule has 0 N–H and O–H groups in total. The maximum atomic E-state index is 12.9. The highest BCUT2D eigenvalue weighted by Gasteiger charge is 2.46. The van der Waals surface area contributed by atoms with E-state index in [1.807, 2.05) is 6.07 Å². The Balaban J connectivity index is 1.78. The Labute approximate surface area is 150 Å². The summed E-state index contributed by atoms with van der Waals surface area (Å²) in [4.78, 5) is 2.44. The van der Waals surface area contributed by atoms with Crippen LogP contribution >= 0.6 is 0 Å². The number of ether oxygens (including phenoxy) is 1. The highest BCUT2D eigenvalue weighted by atomic mass is 32.2. The van der Waals surface area contributed by atoms with Crippen molar-refractivity contribution in [3.8, 4) is 6.07 Å². The Kier molecular flexibility index (Phi) is 5.16. The van der Waals surface area contributed by atoms with Gasteiger partial charge < -0.3 is 9.64 Å². The van der Waals surface area contributed by atoms with E-state index >= 15 is 0 Å². The first-order valence-electron chi connectivity index (χ1n) is 8.56. The van der Waals surface area contributed by atoms with Gasteiger partial charge in [-0.1, -0.05) is 0 Å². The molecule has 1 aromatic rings. The summed E-state index contributed by atoms with van der Waals surface area (Å²) < 4.78 is 33.2. The predicted octanol–water partition coefficient (Wildman–Crippen LogP) is 1.53. The van der Waals surface area contributed by atoms with Crippen LogP contribution in [0.5, 0.6) is 0 Å². The Bertz CT molecular complexity index is 755. The van der Waals surface area contributed by atoms with Gasteiger partial charge in [0.2, 0.25) is 10.0 Å². The van der Waals surface area contributed by atoms with Crippen molar-refractivity contribution >= 4 is 10.0 Å². The number of nitrogens with zero attached hydrogens (tertiary/aromatic N) is 3. The number of benzene rings is 1. The minimum atomic E-state index is -3.51. The second-order valence-electron chi connectivity index (χ2n) is 7.25. The SMILES string of the molecule is CO[C@@H]1C[C@H]2CN(S(=O)(=O)c3ccc(C#N)cc3)C[C@H]2C[C@H]1N(C)C. The number of rotatable bonds is 4. The molecule has 3 rings (SSSR count). The number of fused-ring (bicyclic) bond motifs is 1. The molecule has 1 saturated heterocycles. The van der Waals surface area contributed by atoms with Crippen molar-refractivity contribution in [3.05, 3.63) is 29.8 Å². The van der Waals surface area contributed by atoms with Crippen LogP contribution < -0.4 is 0 Å². The van der Waals surface area contributed by atoms with Crippen molar-refractivity contribution in [2.45, 2.75) is 29.9 Å². The van der Waals surface area contributed by atoms with Crippen LogP contribution in [-0.4, -0.2) is 64.1 Å². The Morgan fingerprint density at radius 3 is 2.28 bits per heavy atom. The molecule has 7 heteroatoms. The first-order valence-corrected chi connectivity index (χ1v) is 10.0. The maximum Gasteiger partial charge on any atom is 0.243 e. The molecular weight excluding hydrogens is 338 g/mol. The van der Waals surface area contributed by atoms with Gasteiger partial charge in [0.15, 0.2) is 0 Å².